The summed E-state index contributed by atoms with van der Waals surface area (Å²) >= 11 is 0. The van der Waals surface area contributed by atoms with Crippen LogP contribution in [0.15, 0.2) is 12.2 Å². The average Bonchev–Trinajstić information content (AvgIpc) is 2.39. The number of ether oxygens (including phenoxy) is 1. The average molecular weight is 268 g/mol. The van der Waals surface area contributed by atoms with Gasteiger partial charge in [-0.15, -0.1) is 0 Å². The Morgan fingerprint density at radius 3 is 1.79 bits per heavy atom. The molecule has 19 heavy (non-hydrogen) atoms. The summed E-state index contributed by atoms with van der Waals surface area (Å²) < 4.78 is 4.90. The van der Waals surface area contributed by atoms with Gasteiger partial charge >= 0.3 is 5.97 Å². The first kappa shape index (κ1) is 18.2. The zero-order valence-corrected chi connectivity index (χ0v) is 13.0. The summed E-state index contributed by atoms with van der Waals surface area (Å²) in [5.41, 5.74) is 0. The first-order valence-electron chi connectivity index (χ1n) is 8.02. The van der Waals surface area contributed by atoms with Gasteiger partial charge in [0.15, 0.2) is 0 Å². The molecule has 0 aliphatic carbocycles. The maximum absolute atomic E-state index is 10.5. The lowest BCUT2D eigenvalue weighted by Crippen LogP contribution is -2.00. The second-order valence-electron chi connectivity index (χ2n) is 5.23. The smallest absolute Gasteiger partial charge is 0.302 e. The Kier molecular flexibility index (Phi) is 14.6. The molecule has 2 heteroatoms. The predicted octanol–water partition coefficient (Wildman–Crippen LogP) is 5.42. The molecule has 0 fully saturated rings. The summed E-state index contributed by atoms with van der Waals surface area (Å²) in [4.78, 5) is 10.5. The quantitative estimate of drug-likeness (QED) is 0.253. The normalized spacial score (nSPS) is 11.1. The number of allylic oxidation sites excluding steroid dienone is 2. The predicted molar refractivity (Wildman–Crippen MR) is 82.2 cm³/mol. The van der Waals surface area contributed by atoms with Crippen molar-refractivity contribution in [3.8, 4) is 0 Å². The topological polar surface area (TPSA) is 26.3 Å². The molecule has 0 N–H and O–H groups in total. The highest BCUT2D eigenvalue weighted by Gasteiger charge is 1.94. The van der Waals surface area contributed by atoms with Gasteiger partial charge in [-0.25, -0.2) is 0 Å². The van der Waals surface area contributed by atoms with Crippen LogP contribution in [0, 0.1) is 0 Å². The minimum absolute atomic E-state index is 0.158. The Morgan fingerprint density at radius 1 is 0.842 bits per heavy atom. The number of rotatable bonds is 13. The van der Waals surface area contributed by atoms with E-state index in [9.17, 15) is 4.79 Å². The van der Waals surface area contributed by atoms with Crippen LogP contribution in [-0.2, 0) is 9.53 Å². The van der Waals surface area contributed by atoms with Gasteiger partial charge in [-0.2, -0.15) is 0 Å². The highest BCUT2D eigenvalue weighted by atomic mass is 16.5. The fourth-order valence-electron chi connectivity index (χ4n) is 2.16. The van der Waals surface area contributed by atoms with Gasteiger partial charge in [0, 0.05) is 6.92 Å². The summed E-state index contributed by atoms with van der Waals surface area (Å²) in [5, 5.41) is 0. The molecule has 112 valence electrons. The van der Waals surface area contributed by atoms with E-state index in [1.54, 1.807) is 0 Å². The molecule has 0 saturated carbocycles. The molecule has 0 aromatic heterocycles. The molecule has 0 bridgehead atoms. The maximum atomic E-state index is 10.5. The van der Waals surface area contributed by atoms with E-state index in [-0.39, 0.29) is 5.97 Å². The van der Waals surface area contributed by atoms with Gasteiger partial charge in [0.1, 0.15) is 0 Å². The van der Waals surface area contributed by atoms with Crippen molar-refractivity contribution in [3.05, 3.63) is 12.2 Å². The summed E-state index contributed by atoms with van der Waals surface area (Å²) in [7, 11) is 0. The van der Waals surface area contributed by atoms with Crippen molar-refractivity contribution in [3.63, 3.8) is 0 Å². The first-order chi connectivity index (χ1) is 9.27. The lowest BCUT2D eigenvalue weighted by Gasteiger charge is -2.03. The molecule has 2 nitrogen and oxygen atoms in total. The zero-order valence-electron chi connectivity index (χ0n) is 13.0. The van der Waals surface area contributed by atoms with E-state index >= 15 is 0 Å². The number of carbonyl (C=O) groups excluding carboxylic acids is 1. The Hall–Kier alpha value is -0.790. The third-order valence-electron chi connectivity index (χ3n) is 3.31. The second-order valence-corrected chi connectivity index (χ2v) is 5.23. The van der Waals surface area contributed by atoms with Crippen molar-refractivity contribution in [2.45, 2.75) is 84.5 Å². The van der Waals surface area contributed by atoms with E-state index in [1.807, 2.05) is 0 Å². The molecular weight excluding hydrogens is 236 g/mol. The molecule has 0 aliphatic rings. The van der Waals surface area contributed by atoms with Gasteiger partial charge in [-0.1, -0.05) is 63.5 Å². The maximum Gasteiger partial charge on any atom is 0.302 e. The van der Waals surface area contributed by atoms with E-state index in [2.05, 4.69) is 19.1 Å². The summed E-state index contributed by atoms with van der Waals surface area (Å²) in [6, 6.07) is 0. The third-order valence-corrected chi connectivity index (χ3v) is 3.31. The number of hydrogen-bond donors (Lipinski definition) is 0. The van der Waals surface area contributed by atoms with Crippen LogP contribution in [0.1, 0.15) is 84.5 Å². The monoisotopic (exact) mass is 268 g/mol. The van der Waals surface area contributed by atoms with Gasteiger partial charge in [-0.3, -0.25) is 4.79 Å². The van der Waals surface area contributed by atoms with Gasteiger partial charge in [0.2, 0.25) is 0 Å². The highest BCUT2D eigenvalue weighted by molar-refractivity contribution is 5.65. The van der Waals surface area contributed by atoms with Crippen molar-refractivity contribution in [2.24, 2.45) is 0 Å². The van der Waals surface area contributed by atoms with Gasteiger partial charge < -0.3 is 4.74 Å². The number of unbranched alkanes of at least 4 members (excludes halogenated alkanes) is 10. The van der Waals surface area contributed by atoms with Crippen LogP contribution in [0.3, 0.4) is 0 Å². The van der Waals surface area contributed by atoms with Crippen LogP contribution >= 0.6 is 0 Å². The molecule has 0 aromatic rings. The van der Waals surface area contributed by atoms with E-state index in [4.69, 9.17) is 4.74 Å². The molecule has 0 aromatic carbocycles. The van der Waals surface area contributed by atoms with Crippen molar-refractivity contribution in [1.82, 2.24) is 0 Å². The summed E-state index contributed by atoms with van der Waals surface area (Å²) in [6.07, 6.45) is 18.7. The van der Waals surface area contributed by atoms with Crippen molar-refractivity contribution >= 4 is 5.97 Å². The molecule has 0 unspecified atom stereocenters. The Bertz CT molecular complexity index is 221. The van der Waals surface area contributed by atoms with Crippen LogP contribution in [0.2, 0.25) is 0 Å². The second kappa shape index (κ2) is 15.3. The standard InChI is InChI=1S/C17H32O2/c1-3-4-5-6-7-8-9-10-11-12-13-14-15-16-19-17(2)18/h3-4H,5-16H2,1-2H3. The van der Waals surface area contributed by atoms with Crippen LogP contribution in [-0.4, -0.2) is 12.6 Å². The first-order valence-corrected chi connectivity index (χ1v) is 8.02. The van der Waals surface area contributed by atoms with Crippen molar-refractivity contribution in [2.75, 3.05) is 6.61 Å². The third kappa shape index (κ3) is 17.2. The van der Waals surface area contributed by atoms with Crippen LogP contribution in [0.25, 0.3) is 0 Å². The van der Waals surface area contributed by atoms with E-state index in [0.717, 1.165) is 6.42 Å². The molecular formula is C17H32O2. The minimum Gasteiger partial charge on any atom is -0.466 e. The highest BCUT2D eigenvalue weighted by Crippen LogP contribution is 2.11. The molecule has 0 amide bonds. The SMILES string of the molecule is CC=CCCCCCCCCCCCCOC(C)=O. The largest absolute Gasteiger partial charge is 0.466 e. The molecule has 0 atom stereocenters. The summed E-state index contributed by atoms with van der Waals surface area (Å²) in [5.74, 6) is -0.158. The van der Waals surface area contributed by atoms with Crippen LogP contribution < -0.4 is 0 Å². The fourth-order valence-corrected chi connectivity index (χ4v) is 2.16. The van der Waals surface area contributed by atoms with Crippen molar-refractivity contribution in [1.29, 1.82) is 0 Å². The zero-order chi connectivity index (χ0) is 14.2. The summed E-state index contributed by atoms with van der Waals surface area (Å²) in [6.45, 7) is 4.16. The number of carbonyl (C=O) groups is 1. The molecule has 0 radical (unpaired) electrons. The fraction of sp³-hybridized carbons (Fsp3) is 0.824. The van der Waals surface area contributed by atoms with Crippen LogP contribution in [0.4, 0.5) is 0 Å². The molecule has 0 saturated heterocycles. The van der Waals surface area contributed by atoms with Crippen molar-refractivity contribution < 1.29 is 9.53 Å². The minimum atomic E-state index is -0.158. The van der Waals surface area contributed by atoms with Gasteiger partial charge in [0.05, 0.1) is 6.61 Å². The van der Waals surface area contributed by atoms with Gasteiger partial charge in [0.25, 0.3) is 0 Å². The van der Waals surface area contributed by atoms with Gasteiger partial charge in [-0.05, 0) is 26.2 Å². The molecule has 0 heterocycles. The number of hydrogen-bond acceptors (Lipinski definition) is 2. The molecule has 0 rings (SSSR count). The van der Waals surface area contributed by atoms with Crippen LogP contribution in [0.5, 0.6) is 0 Å². The Morgan fingerprint density at radius 2 is 1.32 bits per heavy atom. The van der Waals surface area contributed by atoms with E-state index in [0.29, 0.717) is 6.61 Å². The number of esters is 1. The van der Waals surface area contributed by atoms with E-state index in [1.165, 1.54) is 71.1 Å². The molecule has 0 spiro atoms. The van der Waals surface area contributed by atoms with E-state index < -0.39 is 0 Å². The lowest BCUT2D eigenvalue weighted by atomic mass is 10.1. The Labute approximate surface area is 119 Å². The Balaban J connectivity index is 2.97. The molecule has 0 aliphatic heterocycles. The lowest BCUT2D eigenvalue weighted by molar-refractivity contribution is -0.141.